The molecule has 0 saturated heterocycles. The van der Waals surface area contributed by atoms with Gasteiger partial charge in [-0.2, -0.15) is 0 Å². The molecule has 0 fully saturated rings. The van der Waals surface area contributed by atoms with Crippen LogP contribution in [-0.2, 0) is 23.9 Å². The van der Waals surface area contributed by atoms with Crippen LogP contribution in [0, 0.1) is 0 Å². The molecule has 0 saturated carbocycles. The molecule has 0 aromatic heterocycles. The van der Waals surface area contributed by atoms with E-state index in [1.165, 1.54) is 7.11 Å². The maximum absolute atomic E-state index is 11.7. The van der Waals surface area contributed by atoms with Crippen molar-refractivity contribution in [3.8, 4) is 0 Å². The Morgan fingerprint density at radius 1 is 0.917 bits per heavy atom. The van der Waals surface area contributed by atoms with Crippen molar-refractivity contribution in [2.75, 3.05) is 12.4 Å². The Labute approximate surface area is 143 Å². The minimum absolute atomic E-state index is 0.0743. The van der Waals surface area contributed by atoms with Crippen LogP contribution in [0.2, 0.25) is 5.02 Å². The summed E-state index contributed by atoms with van der Waals surface area (Å²) in [7, 11) is 1.22. The second-order valence-electron chi connectivity index (χ2n) is 4.70. The molecule has 0 heterocycles. The summed E-state index contributed by atoms with van der Waals surface area (Å²) in [6, 6.07) is 6.72. The van der Waals surface area contributed by atoms with Crippen LogP contribution in [0.5, 0.6) is 0 Å². The van der Waals surface area contributed by atoms with Gasteiger partial charge in [0, 0.05) is 19.3 Å². The summed E-state index contributed by atoms with van der Waals surface area (Å²) in [5.74, 6) is -1.96. The van der Waals surface area contributed by atoms with E-state index in [1.54, 1.807) is 24.3 Å². The largest absolute Gasteiger partial charge is 0.469 e. The van der Waals surface area contributed by atoms with Crippen molar-refractivity contribution >= 4 is 41.0 Å². The van der Waals surface area contributed by atoms with E-state index in [2.05, 4.69) is 20.9 Å². The topological polar surface area (TPSA) is 114 Å². The van der Waals surface area contributed by atoms with Crippen LogP contribution in [0.15, 0.2) is 24.3 Å². The number of amides is 3. The average Bonchev–Trinajstić information content (AvgIpc) is 2.57. The normalized spacial score (nSPS) is 9.75. The highest BCUT2D eigenvalue weighted by Crippen LogP contribution is 2.20. The Morgan fingerprint density at radius 3 is 2.04 bits per heavy atom. The number of carbonyl (C=O) groups is 4. The predicted molar refractivity (Wildman–Crippen MR) is 86.9 cm³/mol. The average molecular weight is 356 g/mol. The van der Waals surface area contributed by atoms with Gasteiger partial charge in [0.2, 0.25) is 17.7 Å². The zero-order valence-electron chi connectivity index (χ0n) is 13.1. The van der Waals surface area contributed by atoms with Crippen molar-refractivity contribution in [1.29, 1.82) is 0 Å². The molecular weight excluding hydrogens is 338 g/mol. The second-order valence-corrected chi connectivity index (χ2v) is 5.11. The van der Waals surface area contributed by atoms with Crippen molar-refractivity contribution in [1.82, 2.24) is 10.9 Å². The molecule has 1 aromatic rings. The SMILES string of the molecule is COC(=O)CCC(=O)NNC(=O)CCC(=O)Nc1ccccc1Cl. The first-order chi connectivity index (χ1) is 11.4. The first-order valence-electron chi connectivity index (χ1n) is 7.11. The van der Waals surface area contributed by atoms with Crippen LogP contribution in [0.25, 0.3) is 0 Å². The Morgan fingerprint density at radius 2 is 1.46 bits per heavy atom. The minimum Gasteiger partial charge on any atom is -0.469 e. The number of hydrogen-bond acceptors (Lipinski definition) is 5. The summed E-state index contributed by atoms with van der Waals surface area (Å²) >= 11 is 5.90. The third-order valence-electron chi connectivity index (χ3n) is 2.85. The summed E-state index contributed by atoms with van der Waals surface area (Å²) < 4.78 is 4.39. The first-order valence-corrected chi connectivity index (χ1v) is 7.49. The number of rotatable bonds is 7. The van der Waals surface area contributed by atoms with E-state index >= 15 is 0 Å². The van der Waals surface area contributed by atoms with Crippen molar-refractivity contribution in [3.05, 3.63) is 29.3 Å². The van der Waals surface area contributed by atoms with Crippen LogP contribution in [-0.4, -0.2) is 30.8 Å². The molecule has 0 aliphatic carbocycles. The van der Waals surface area contributed by atoms with E-state index in [-0.39, 0.29) is 31.6 Å². The number of para-hydroxylation sites is 1. The number of hydrogen-bond donors (Lipinski definition) is 3. The third-order valence-corrected chi connectivity index (χ3v) is 3.18. The fourth-order valence-electron chi connectivity index (χ4n) is 1.58. The van der Waals surface area contributed by atoms with E-state index in [0.717, 1.165) is 0 Å². The molecule has 0 atom stereocenters. The van der Waals surface area contributed by atoms with Gasteiger partial charge in [-0.1, -0.05) is 23.7 Å². The van der Waals surface area contributed by atoms with E-state index in [9.17, 15) is 19.2 Å². The van der Waals surface area contributed by atoms with Gasteiger partial charge in [0.1, 0.15) is 0 Å². The lowest BCUT2D eigenvalue weighted by Gasteiger charge is -2.08. The highest BCUT2D eigenvalue weighted by Gasteiger charge is 2.10. The molecule has 0 unspecified atom stereocenters. The summed E-state index contributed by atoms with van der Waals surface area (Å²) in [6.45, 7) is 0. The van der Waals surface area contributed by atoms with E-state index in [0.29, 0.717) is 10.7 Å². The number of halogens is 1. The molecular formula is C15H18ClN3O5. The number of anilines is 1. The molecule has 0 bridgehead atoms. The first kappa shape index (κ1) is 19.4. The number of benzene rings is 1. The van der Waals surface area contributed by atoms with E-state index < -0.39 is 17.8 Å². The molecule has 130 valence electrons. The van der Waals surface area contributed by atoms with Gasteiger partial charge in [0.25, 0.3) is 0 Å². The molecule has 9 heteroatoms. The zero-order chi connectivity index (χ0) is 17.9. The van der Waals surface area contributed by atoms with Gasteiger partial charge in [-0.3, -0.25) is 30.0 Å². The number of carbonyl (C=O) groups excluding carboxylic acids is 4. The Kier molecular flexibility index (Phi) is 8.28. The second kappa shape index (κ2) is 10.2. The summed E-state index contributed by atoms with van der Waals surface area (Å²) in [5.41, 5.74) is 4.76. The van der Waals surface area contributed by atoms with Crippen molar-refractivity contribution in [2.45, 2.75) is 25.7 Å². The molecule has 0 aliphatic heterocycles. The van der Waals surface area contributed by atoms with Crippen LogP contribution in [0.4, 0.5) is 5.69 Å². The number of esters is 1. The monoisotopic (exact) mass is 355 g/mol. The van der Waals surface area contributed by atoms with E-state index in [1.807, 2.05) is 0 Å². The third kappa shape index (κ3) is 7.59. The fourth-order valence-corrected chi connectivity index (χ4v) is 1.77. The predicted octanol–water partition coefficient (Wildman–Crippen LogP) is 1.16. The Hall–Kier alpha value is -2.61. The molecule has 1 aromatic carbocycles. The highest BCUT2D eigenvalue weighted by molar-refractivity contribution is 6.33. The number of methoxy groups -OCH3 is 1. The molecule has 8 nitrogen and oxygen atoms in total. The molecule has 1 rings (SSSR count). The molecule has 24 heavy (non-hydrogen) atoms. The lowest BCUT2D eigenvalue weighted by atomic mass is 10.2. The summed E-state index contributed by atoms with van der Waals surface area (Å²) in [6.07, 6.45) is -0.388. The fraction of sp³-hybridized carbons (Fsp3) is 0.333. The lowest BCUT2D eigenvalue weighted by molar-refractivity contribution is -0.142. The lowest BCUT2D eigenvalue weighted by Crippen LogP contribution is -2.41. The molecule has 0 spiro atoms. The molecule has 3 amide bonds. The van der Waals surface area contributed by atoms with Crippen molar-refractivity contribution in [2.24, 2.45) is 0 Å². The van der Waals surface area contributed by atoms with Gasteiger partial charge < -0.3 is 10.1 Å². The molecule has 3 N–H and O–H groups in total. The Balaban J connectivity index is 2.23. The number of hydrazine groups is 1. The van der Waals surface area contributed by atoms with Gasteiger partial charge in [-0.15, -0.1) is 0 Å². The van der Waals surface area contributed by atoms with Crippen molar-refractivity contribution < 1.29 is 23.9 Å². The van der Waals surface area contributed by atoms with Gasteiger partial charge in [-0.25, -0.2) is 0 Å². The van der Waals surface area contributed by atoms with Crippen LogP contribution in [0.1, 0.15) is 25.7 Å². The smallest absolute Gasteiger partial charge is 0.306 e. The van der Waals surface area contributed by atoms with Crippen LogP contribution >= 0.6 is 11.6 Å². The van der Waals surface area contributed by atoms with E-state index in [4.69, 9.17) is 11.6 Å². The van der Waals surface area contributed by atoms with Gasteiger partial charge in [0.05, 0.1) is 24.2 Å². The van der Waals surface area contributed by atoms with Gasteiger partial charge in [0.15, 0.2) is 0 Å². The molecule has 0 radical (unpaired) electrons. The molecule has 0 aliphatic rings. The number of nitrogens with one attached hydrogen (secondary N) is 3. The highest BCUT2D eigenvalue weighted by atomic mass is 35.5. The minimum atomic E-state index is -0.533. The van der Waals surface area contributed by atoms with Crippen LogP contribution in [0.3, 0.4) is 0 Å². The van der Waals surface area contributed by atoms with Gasteiger partial charge in [-0.05, 0) is 12.1 Å². The maximum atomic E-state index is 11.7. The standard InChI is InChI=1S/C15H18ClN3O5/c1-24-15(23)9-8-14(22)19-18-13(21)7-6-12(20)17-11-5-3-2-4-10(11)16/h2-5H,6-9H2,1H3,(H,17,20)(H,18,21)(H,19,22). The quantitative estimate of drug-likeness (QED) is 0.501. The van der Waals surface area contributed by atoms with Crippen molar-refractivity contribution in [3.63, 3.8) is 0 Å². The summed E-state index contributed by atoms with van der Waals surface area (Å²) in [5, 5.41) is 2.98. The maximum Gasteiger partial charge on any atom is 0.306 e. The number of ether oxygens (including phenoxy) is 1. The van der Waals surface area contributed by atoms with Gasteiger partial charge >= 0.3 is 5.97 Å². The van der Waals surface area contributed by atoms with Crippen LogP contribution < -0.4 is 16.2 Å². The zero-order valence-corrected chi connectivity index (χ0v) is 13.8. The summed E-state index contributed by atoms with van der Waals surface area (Å²) in [4.78, 5) is 45.5. The Bertz CT molecular complexity index is 621.